The zero-order chi connectivity index (χ0) is 25.0. The summed E-state index contributed by atoms with van der Waals surface area (Å²) in [6, 6.07) is 20.2. The van der Waals surface area contributed by atoms with E-state index in [2.05, 4.69) is 17.4 Å². The Labute approximate surface area is 204 Å². The Kier molecular flexibility index (Phi) is 9.36. The first-order valence-electron chi connectivity index (χ1n) is 11.5. The van der Waals surface area contributed by atoms with Crippen LogP contribution in [0.4, 0.5) is 10.5 Å². The highest BCUT2D eigenvalue weighted by Gasteiger charge is 2.08. The van der Waals surface area contributed by atoms with Gasteiger partial charge in [0, 0.05) is 5.56 Å². The number of hydrogen-bond acceptors (Lipinski definition) is 7. The zero-order valence-corrected chi connectivity index (χ0v) is 19.9. The molecule has 182 valence electrons. The lowest BCUT2D eigenvalue weighted by Crippen LogP contribution is -2.30. The van der Waals surface area contributed by atoms with Crippen LogP contribution in [0, 0.1) is 10.3 Å². The maximum atomic E-state index is 11.5. The summed E-state index contributed by atoms with van der Waals surface area (Å²) in [6.07, 6.45) is 1.11. The van der Waals surface area contributed by atoms with Crippen molar-refractivity contribution in [2.45, 2.75) is 26.7 Å². The minimum Gasteiger partial charge on any atom is -0.490 e. The summed E-state index contributed by atoms with van der Waals surface area (Å²) in [5.74, 6) is 1.45. The first-order chi connectivity index (χ1) is 17.0. The van der Waals surface area contributed by atoms with E-state index in [4.69, 9.17) is 19.6 Å². The number of ether oxygens (including phenoxy) is 3. The molecule has 3 aromatic rings. The molecule has 0 saturated carbocycles. The number of rotatable bonds is 11. The standard InChI is InChI=1S/C27H29N3O5/c1-3-5-22-18-23(30-32)12-15-25(22)35-17-16-34-24-13-10-20(11-14-24)19-6-8-21(9-7-19)26(28)29-27(31)33-4-2/h6-15,18H,3-5,16-17H2,1-2H3,(H2,28,29,31). The van der Waals surface area contributed by atoms with Crippen molar-refractivity contribution in [3.63, 3.8) is 0 Å². The van der Waals surface area contributed by atoms with E-state index < -0.39 is 6.09 Å². The molecule has 0 aromatic heterocycles. The van der Waals surface area contributed by atoms with Crippen LogP contribution in [0.3, 0.4) is 0 Å². The molecule has 8 heteroatoms. The van der Waals surface area contributed by atoms with E-state index in [9.17, 15) is 9.70 Å². The van der Waals surface area contributed by atoms with E-state index in [1.807, 2.05) is 36.4 Å². The average molecular weight is 476 g/mol. The lowest BCUT2D eigenvalue weighted by Gasteiger charge is -2.12. The second kappa shape index (κ2) is 12.9. The number of nitroso groups, excluding NO2 is 1. The molecule has 0 radical (unpaired) electrons. The van der Waals surface area contributed by atoms with Gasteiger partial charge in [-0.25, -0.2) is 4.79 Å². The highest BCUT2D eigenvalue weighted by molar-refractivity contribution is 6.04. The van der Waals surface area contributed by atoms with Gasteiger partial charge in [-0.2, -0.15) is 0 Å². The van der Waals surface area contributed by atoms with Crippen molar-refractivity contribution >= 4 is 17.6 Å². The SMILES string of the molecule is CCCc1cc(N=O)ccc1OCCOc1ccc(-c2ccc(C(=N)NC(=O)OCC)cc2)cc1. The average Bonchev–Trinajstić information content (AvgIpc) is 2.88. The Morgan fingerprint density at radius 1 is 0.914 bits per heavy atom. The highest BCUT2D eigenvalue weighted by atomic mass is 16.5. The quantitative estimate of drug-likeness (QED) is 0.148. The molecule has 0 atom stereocenters. The number of amides is 1. The van der Waals surface area contributed by atoms with Crippen LogP contribution < -0.4 is 14.8 Å². The van der Waals surface area contributed by atoms with E-state index in [-0.39, 0.29) is 12.4 Å². The zero-order valence-electron chi connectivity index (χ0n) is 19.9. The molecule has 2 N–H and O–H groups in total. The molecular weight excluding hydrogens is 446 g/mol. The van der Waals surface area contributed by atoms with Gasteiger partial charge in [0.05, 0.1) is 6.61 Å². The lowest BCUT2D eigenvalue weighted by atomic mass is 10.0. The van der Waals surface area contributed by atoms with Gasteiger partial charge in [-0.3, -0.25) is 10.7 Å². The van der Waals surface area contributed by atoms with Gasteiger partial charge < -0.3 is 14.2 Å². The molecule has 0 fully saturated rings. The second-order valence-electron chi connectivity index (χ2n) is 7.65. The normalized spacial score (nSPS) is 10.3. The maximum absolute atomic E-state index is 11.5. The molecule has 0 spiro atoms. The summed E-state index contributed by atoms with van der Waals surface area (Å²) in [5, 5.41) is 13.4. The third-order valence-electron chi connectivity index (χ3n) is 5.14. The van der Waals surface area contributed by atoms with Crippen molar-refractivity contribution in [2.75, 3.05) is 19.8 Å². The Balaban J connectivity index is 1.51. The predicted octanol–water partition coefficient (Wildman–Crippen LogP) is 6.23. The molecule has 0 bridgehead atoms. The van der Waals surface area contributed by atoms with Gasteiger partial charge in [-0.15, -0.1) is 4.91 Å². The molecule has 0 aliphatic heterocycles. The monoisotopic (exact) mass is 475 g/mol. The van der Waals surface area contributed by atoms with Gasteiger partial charge in [0.2, 0.25) is 0 Å². The van der Waals surface area contributed by atoms with E-state index in [0.717, 1.165) is 41.0 Å². The van der Waals surface area contributed by atoms with E-state index in [1.54, 1.807) is 37.3 Å². The minimum atomic E-state index is -0.642. The summed E-state index contributed by atoms with van der Waals surface area (Å²) >= 11 is 0. The fourth-order valence-electron chi connectivity index (χ4n) is 3.45. The Morgan fingerprint density at radius 2 is 1.57 bits per heavy atom. The van der Waals surface area contributed by atoms with Crippen LogP contribution in [0.15, 0.2) is 71.9 Å². The van der Waals surface area contributed by atoms with Crippen LogP contribution in [0.5, 0.6) is 11.5 Å². The first-order valence-corrected chi connectivity index (χ1v) is 11.5. The van der Waals surface area contributed by atoms with Crippen molar-refractivity contribution in [2.24, 2.45) is 5.18 Å². The lowest BCUT2D eigenvalue weighted by molar-refractivity contribution is 0.158. The van der Waals surface area contributed by atoms with Crippen LogP contribution in [0.25, 0.3) is 11.1 Å². The number of carbonyl (C=O) groups excluding carboxylic acids is 1. The van der Waals surface area contributed by atoms with Crippen LogP contribution in [-0.2, 0) is 11.2 Å². The number of carbonyl (C=O) groups is 1. The molecule has 0 saturated heterocycles. The molecule has 0 aliphatic rings. The predicted molar refractivity (Wildman–Crippen MR) is 136 cm³/mol. The fourth-order valence-corrected chi connectivity index (χ4v) is 3.45. The van der Waals surface area contributed by atoms with Crippen molar-refractivity contribution in [3.05, 3.63) is 82.8 Å². The first kappa shape index (κ1) is 25.4. The number of alkyl carbamates (subject to hydrolysis) is 1. The van der Waals surface area contributed by atoms with Crippen molar-refractivity contribution < 1.29 is 19.0 Å². The maximum Gasteiger partial charge on any atom is 0.412 e. The Hall–Kier alpha value is -4.20. The molecule has 0 heterocycles. The summed E-state index contributed by atoms with van der Waals surface area (Å²) in [7, 11) is 0. The van der Waals surface area contributed by atoms with Crippen molar-refractivity contribution in [1.29, 1.82) is 5.41 Å². The van der Waals surface area contributed by atoms with Crippen LogP contribution in [0.1, 0.15) is 31.4 Å². The molecule has 0 unspecified atom stereocenters. The molecule has 8 nitrogen and oxygen atoms in total. The van der Waals surface area contributed by atoms with Crippen LogP contribution >= 0.6 is 0 Å². The van der Waals surface area contributed by atoms with Crippen molar-refractivity contribution in [3.8, 4) is 22.6 Å². The third kappa shape index (κ3) is 7.40. The Bertz CT molecular complexity index is 1140. The Morgan fingerprint density at radius 3 is 2.20 bits per heavy atom. The van der Waals surface area contributed by atoms with Gasteiger partial charge in [-0.1, -0.05) is 49.7 Å². The fraction of sp³-hybridized carbons (Fsp3) is 0.259. The van der Waals surface area contributed by atoms with Gasteiger partial charge in [0.15, 0.2) is 0 Å². The topological polar surface area (TPSA) is 110 Å². The van der Waals surface area contributed by atoms with E-state index in [1.165, 1.54) is 0 Å². The summed E-state index contributed by atoms with van der Waals surface area (Å²) < 4.78 is 16.4. The van der Waals surface area contributed by atoms with Crippen molar-refractivity contribution in [1.82, 2.24) is 5.32 Å². The number of aryl methyl sites for hydroxylation is 1. The number of hydrogen-bond donors (Lipinski definition) is 2. The number of nitrogens with one attached hydrogen (secondary N) is 2. The molecule has 3 rings (SSSR count). The van der Waals surface area contributed by atoms with E-state index >= 15 is 0 Å². The number of amidine groups is 1. The van der Waals surface area contributed by atoms with E-state index in [0.29, 0.717) is 24.5 Å². The van der Waals surface area contributed by atoms with Gasteiger partial charge in [0.25, 0.3) is 0 Å². The van der Waals surface area contributed by atoms with Gasteiger partial charge in [-0.05, 0) is 65.5 Å². The summed E-state index contributed by atoms with van der Waals surface area (Å²) in [6.45, 7) is 4.78. The van der Waals surface area contributed by atoms with Gasteiger partial charge >= 0.3 is 6.09 Å². The molecule has 3 aromatic carbocycles. The van der Waals surface area contributed by atoms with Gasteiger partial charge in [0.1, 0.15) is 36.2 Å². The number of benzene rings is 3. The van der Waals surface area contributed by atoms with Crippen LogP contribution in [-0.4, -0.2) is 31.7 Å². The third-order valence-corrected chi connectivity index (χ3v) is 5.14. The largest absolute Gasteiger partial charge is 0.490 e. The second-order valence-corrected chi connectivity index (χ2v) is 7.65. The molecular formula is C27H29N3O5. The molecule has 35 heavy (non-hydrogen) atoms. The molecule has 0 aliphatic carbocycles. The summed E-state index contributed by atoms with van der Waals surface area (Å²) in [5.41, 5.74) is 3.92. The van der Waals surface area contributed by atoms with Crippen LogP contribution in [0.2, 0.25) is 0 Å². The number of nitrogens with zero attached hydrogens (tertiary/aromatic N) is 1. The minimum absolute atomic E-state index is 0.0147. The molecule has 1 amide bonds. The smallest absolute Gasteiger partial charge is 0.412 e. The summed E-state index contributed by atoms with van der Waals surface area (Å²) in [4.78, 5) is 22.2. The highest BCUT2D eigenvalue weighted by Crippen LogP contribution is 2.26.